The van der Waals surface area contributed by atoms with Crippen molar-refractivity contribution < 1.29 is 13.9 Å². The average Bonchev–Trinajstić information content (AvgIpc) is 3.47. The van der Waals surface area contributed by atoms with Gasteiger partial charge < -0.3 is 24.5 Å². The van der Waals surface area contributed by atoms with Crippen LogP contribution in [0.3, 0.4) is 0 Å². The third-order valence-corrected chi connectivity index (χ3v) is 5.43. The number of nitrogens with zero attached hydrogens (tertiary/aromatic N) is 1. The number of benzene rings is 1. The molecule has 2 aliphatic heterocycles. The highest BCUT2D eigenvalue weighted by molar-refractivity contribution is 5.80. The van der Waals surface area contributed by atoms with Gasteiger partial charge in [-0.05, 0) is 38.0 Å². The molecule has 3 heterocycles. The van der Waals surface area contributed by atoms with Crippen LogP contribution in [0.1, 0.15) is 37.0 Å². The van der Waals surface area contributed by atoms with Gasteiger partial charge in [-0.2, -0.15) is 0 Å². The highest BCUT2D eigenvalue weighted by atomic mass is 16.5. The maximum absolute atomic E-state index is 5.85. The number of para-hydroxylation sites is 1. The van der Waals surface area contributed by atoms with Crippen molar-refractivity contribution in [1.82, 2.24) is 10.6 Å². The van der Waals surface area contributed by atoms with Crippen molar-refractivity contribution >= 4 is 5.96 Å². The molecule has 0 spiro atoms. The maximum atomic E-state index is 5.85. The van der Waals surface area contributed by atoms with Crippen molar-refractivity contribution in [3.63, 3.8) is 0 Å². The lowest BCUT2D eigenvalue weighted by Crippen LogP contribution is -2.46. The van der Waals surface area contributed by atoms with Gasteiger partial charge in [0.15, 0.2) is 5.96 Å². The lowest BCUT2D eigenvalue weighted by atomic mass is 9.94. The van der Waals surface area contributed by atoms with E-state index < -0.39 is 0 Å². The molecule has 0 amide bonds. The van der Waals surface area contributed by atoms with Crippen molar-refractivity contribution in [2.45, 2.75) is 44.2 Å². The molecular weight excluding hydrogens is 354 g/mol. The van der Waals surface area contributed by atoms with Gasteiger partial charge in [-0.15, -0.1) is 0 Å². The third kappa shape index (κ3) is 4.68. The van der Waals surface area contributed by atoms with Crippen LogP contribution < -0.4 is 15.4 Å². The van der Waals surface area contributed by atoms with Gasteiger partial charge in [-0.25, -0.2) is 0 Å². The van der Waals surface area contributed by atoms with Crippen molar-refractivity contribution in [3.05, 3.63) is 54.0 Å². The first-order chi connectivity index (χ1) is 13.8. The summed E-state index contributed by atoms with van der Waals surface area (Å²) in [4.78, 5) is 4.79. The number of hydrogen-bond acceptors (Lipinski definition) is 4. The van der Waals surface area contributed by atoms with Crippen LogP contribution in [0.2, 0.25) is 0 Å². The number of hydrogen-bond donors (Lipinski definition) is 2. The minimum Gasteiger partial charge on any atom is -0.493 e. The van der Waals surface area contributed by atoms with Gasteiger partial charge in [0.1, 0.15) is 11.5 Å². The smallest absolute Gasteiger partial charge is 0.191 e. The van der Waals surface area contributed by atoms with Crippen LogP contribution >= 0.6 is 0 Å². The van der Waals surface area contributed by atoms with E-state index in [0.717, 1.165) is 49.9 Å². The SMILES string of the molecule is CC(NC(=NCC1CCCO1)NCCc1ccco1)C1COc2ccccc21. The second-order valence-electron chi connectivity index (χ2n) is 7.47. The molecular formula is C22H29N3O3. The highest BCUT2D eigenvalue weighted by Gasteiger charge is 2.29. The quantitative estimate of drug-likeness (QED) is 0.568. The normalized spacial score (nSPS) is 22.5. The van der Waals surface area contributed by atoms with Gasteiger partial charge in [0.25, 0.3) is 0 Å². The number of nitrogens with one attached hydrogen (secondary N) is 2. The summed E-state index contributed by atoms with van der Waals surface area (Å²) in [5.74, 6) is 3.08. The number of aliphatic imine (C=N–C) groups is 1. The zero-order valence-corrected chi connectivity index (χ0v) is 16.4. The van der Waals surface area contributed by atoms with E-state index in [-0.39, 0.29) is 12.1 Å². The zero-order valence-electron chi connectivity index (χ0n) is 16.4. The lowest BCUT2D eigenvalue weighted by molar-refractivity contribution is 0.117. The first kappa shape index (κ1) is 18.9. The molecule has 1 saturated heterocycles. The van der Waals surface area contributed by atoms with E-state index in [0.29, 0.717) is 19.1 Å². The van der Waals surface area contributed by atoms with Gasteiger partial charge in [-0.1, -0.05) is 18.2 Å². The third-order valence-electron chi connectivity index (χ3n) is 5.43. The second-order valence-corrected chi connectivity index (χ2v) is 7.47. The van der Waals surface area contributed by atoms with Crippen LogP contribution in [0.5, 0.6) is 5.75 Å². The van der Waals surface area contributed by atoms with Gasteiger partial charge in [-0.3, -0.25) is 4.99 Å². The summed E-state index contributed by atoms with van der Waals surface area (Å²) in [5, 5.41) is 7.02. The van der Waals surface area contributed by atoms with E-state index in [1.807, 2.05) is 24.3 Å². The molecule has 0 aliphatic carbocycles. The van der Waals surface area contributed by atoms with Crippen LogP contribution in [0.4, 0.5) is 0 Å². The van der Waals surface area contributed by atoms with E-state index in [9.17, 15) is 0 Å². The molecule has 4 rings (SSSR count). The summed E-state index contributed by atoms with van der Waals surface area (Å²) in [6, 6.07) is 12.4. The summed E-state index contributed by atoms with van der Waals surface area (Å²) >= 11 is 0. The number of furan rings is 1. The fourth-order valence-electron chi connectivity index (χ4n) is 3.81. The van der Waals surface area contributed by atoms with E-state index in [1.165, 1.54) is 5.56 Å². The monoisotopic (exact) mass is 383 g/mol. The molecule has 3 unspecified atom stereocenters. The standard InChI is InChI=1S/C22H29N3O3/c1-16(20-15-28-21-9-3-2-8-19(20)21)25-22(24-14-18-7-5-13-27-18)23-11-10-17-6-4-12-26-17/h2-4,6,8-9,12,16,18,20H,5,7,10-11,13-15H2,1H3,(H2,23,24,25). The predicted octanol–water partition coefficient (Wildman–Crippen LogP) is 3.10. The Morgan fingerprint density at radius 2 is 2.18 bits per heavy atom. The number of fused-ring (bicyclic) bond motifs is 1. The minimum absolute atomic E-state index is 0.197. The summed E-state index contributed by atoms with van der Waals surface area (Å²) in [6.45, 7) is 5.17. The summed E-state index contributed by atoms with van der Waals surface area (Å²) in [6.07, 6.45) is 4.97. The Bertz CT molecular complexity index is 769. The Morgan fingerprint density at radius 1 is 1.25 bits per heavy atom. The zero-order chi connectivity index (χ0) is 19.2. The van der Waals surface area contributed by atoms with E-state index >= 15 is 0 Å². The maximum Gasteiger partial charge on any atom is 0.191 e. The second kappa shape index (κ2) is 9.15. The van der Waals surface area contributed by atoms with E-state index in [1.54, 1.807) is 6.26 Å². The number of guanidine groups is 1. The van der Waals surface area contributed by atoms with Crippen molar-refractivity contribution in [2.75, 3.05) is 26.3 Å². The Hall–Kier alpha value is -2.47. The molecule has 0 radical (unpaired) electrons. The van der Waals surface area contributed by atoms with Gasteiger partial charge in [0.05, 0.1) is 25.5 Å². The molecule has 2 aliphatic rings. The molecule has 3 atom stereocenters. The lowest BCUT2D eigenvalue weighted by Gasteiger charge is -2.23. The molecule has 0 saturated carbocycles. The summed E-state index contributed by atoms with van der Waals surface area (Å²) in [5.41, 5.74) is 1.26. The molecule has 2 aromatic rings. The summed E-state index contributed by atoms with van der Waals surface area (Å²) in [7, 11) is 0. The van der Waals surface area contributed by atoms with Crippen LogP contribution in [-0.2, 0) is 11.2 Å². The van der Waals surface area contributed by atoms with Gasteiger partial charge in [0, 0.05) is 37.1 Å². The van der Waals surface area contributed by atoms with Gasteiger partial charge >= 0.3 is 0 Å². The molecule has 28 heavy (non-hydrogen) atoms. The fourth-order valence-corrected chi connectivity index (χ4v) is 3.81. The predicted molar refractivity (Wildman–Crippen MR) is 109 cm³/mol. The molecule has 1 aromatic carbocycles. The largest absolute Gasteiger partial charge is 0.493 e. The van der Waals surface area contributed by atoms with Crippen molar-refractivity contribution in [1.29, 1.82) is 0 Å². The Kier molecular flexibility index (Phi) is 6.17. The molecule has 150 valence electrons. The van der Waals surface area contributed by atoms with Crippen LogP contribution in [0.25, 0.3) is 0 Å². The summed E-state index contributed by atoms with van der Waals surface area (Å²) < 4.78 is 17.0. The molecule has 1 aromatic heterocycles. The fraction of sp³-hybridized carbons (Fsp3) is 0.500. The first-order valence-electron chi connectivity index (χ1n) is 10.2. The minimum atomic E-state index is 0.197. The van der Waals surface area contributed by atoms with Gasteiger partial charge in [0.2, 0.25) is 0 Å². The Labute approximate surface area is 166 Å². The average molecular weight is 383 g/mol. The highest BCUT2D eigenvalue weighted by Crippen LogP contribution is 2.35. The molecule has 6 nitrogen and oxygen atoms in total. The van der Waals surface area contributed by atoms with E-state index in [2.05, 4.69) is 29.7 Å². The van der Waals surface area contributed by atoms with Crippen LogP contribution in [0.15, 0.2) is 52.1 Å². The number of rotatable bonds is 7. The Balaban J connectivity index is 1.38. The molecule has 0 bridgehead atoms. The van der Waals surface area contributed by atoms with E-state index in [4.69, 9.17) is 18.9 Å². The molecule has 6 heteroatoms. The van der Waals surface area contributed by atoms with Crippen molar-refractivity contribution in [3.8, 4) is 5.75 Å². The molecule has 2 N–H and O–H groups in total. The first-order valence-corrected chi connectivity index (χ1v) is 10.2. The topological polar surface area (TPSA) is 68.0 Å². The van der Waals surface area contributed by atoms with Crippen LogP contribution in [0, 0.1) is 0 Å². The van der Waals surface area contributed by atoms with Crippen molar-refractivity contribution in [2.24, 2.45) is 4.99 Å². The van der Waals surface area contributed by atoms with Crippen LogP contribution in [-0.4, -0.2) is 44.4 Å². The molecule has 1 fully saturated rings. The Morgan fingerprint density at radius 3 is 3.00 bits per heavy atom. The number of ether oxygens (including phenoxy) is 2.